The van der Waals surface area contributed by atoms with Gasteiger partial charge in [-0.1, -0.05) is 62.9 Å². The molecule has 5 nitrogen and oxygen atoms in total. The van der Waals surface area contributed by atoms with Crippen LogP contribution in [0.15, 0.2) is 30.3 Å². The van der Waals surface area contributed by atoms with Gasteiger partial charge in [-0.05, 0) is 62.5 Å². The van der Waals surface area contributed by atoms with Gasteiger partial charge in [0.2, 0.25) is 0 Å². The van der Waals surface area contributed by atoms with Crippen molar-refractivity contribution in [2.24, 2.45) is 11.8 Å². The summed E-state index contributed by atoms with van der Waals surface area (Å²) >= 11 is 1.82. The molecule has 0 radical (unpaired) electrons. The van der Waals surface area contributed by atoms with Crippen molar-refractivity contribution in [3.05, 3.63) is 35.9 Å². The third kappa shape index (κ3) is 8.85. The summed E-state index contributed by atoms with van der Waals surface area (Å²) in [5, 5.41) is 23.6. The van der Waals surface area contributed by atoms with Crippen molar-refractivity contribution in [1.29, 1.82) is 0 Å². The van der Waals surface area contributed by atoms with Gasteiger partial charge < -0.3 is 20.3 Å². The lowest BCUT2D eigenvalue weighted by atomic mass is 9.75. The van der Waals surface area contributed by atoms with Crippen LogP contribution in [0.3, 0.4) is 0 Å². The average molecular weight is 492 g/mol. The van der Waals surface area contributed by atoms with Gasteiger partial charge in [0.15, 0.2) is 0 Å². The van der Waals surface area contributed by atoms with Gasteiger partial charge in [-0.2, -0.15) is 11.8 Å². The van der Waals surface area contributed by atoms with Crippen molar-refractivity contribution < 1.29 is 19.7 Å². The molecule has 0 aliphatic carbocycles. The third-order valence-electron chi connectivity index (χ3n) is 7.57. The molecule has 0 saturated carbocycles. The minimum absolute atomic E-state index is 0.292. The Labute approximate surface area is 210 Å². The van der Waals surface area contributed by atoms with Crippen LogP contribution >= 0.6 is 11.8 Å². The number of aliphatic hydroxyl groups is 1. The molecule has 2 fully saturated rings. The van der Waals surface area contributed by atoms with Crippen LogP contribution in [0.1, 0.15) is 83.1 Å². The Morgan fingerprint density at radius 1 is 1.09 bits per heavy atom. The first-order valence-electron chi connectivity index (χ1n) is 13.4. The van der Waals surface area contributed by atoms with E-state index in [9.17, 15) is 9.90 Å². The fraction of sp³-hybridized carbons (Fsp3) is 0.750. The molecule has 2 saturated heterocycles. The molecule has 0 aromatic heterocycles. The molecule has 2 bridgehead atoms. The first-order valence-corrected chi connectivity index (χ1v) is 14.6. The van der Waals surface area contributed by atoms with E-state index in [2.05, 4.69) is 36.5 Å². The molecule has 34 heavy (non-hydrogen) atoms. The predicted molar refractivity (Wildman–Crippen MR) is 140 cm³/mol. The number of unbranched alkanes of at least 4 members (excludes halogenated alkanes) is 3. The maximum atomic E-state index is 11.2. The number of thioether (sulfide) groups is 1. The van der Waals surface area contributed by atoms with Crippen molar-refractivity contribution in [1.82, 2.24) is 5.32 Å². The Morgan fingerprint density at radius 2 is 1.79 bits per heavy atom. The number of benzene rings is 1. The maximum absolute atomic E-state index is 11.2. The minimum atomic E-state index is -0.685. The lowest BCUT2D eigenvalue weighted by Crippen LogP contribution is -2.43. The van der Waals surface area contributed by atoms with E-state index in [0.717, 1.165) is 56.6 Å². The molecule has 3 rings (SSSR count). The Hall–Kier alpha value is -1.08. The maximum Gasteiger partial charge on any atom is 0.303 e. The Morgan fingerprint density at radius 3 is 2.50 bits per heavy atom. The molecule has 1 aromatic carbocycles. The second-order valence-corrected chi connectivity index (χ2v) is 11.4. The van der Waals surface area contributed by atoms with Gasteiger partial charge in [0, 0.05) is 24.5 Å². The standard InChI is InChI=1S/C28H45NO4S/c1-2-17-28(32,21-34-19-22-10-6-5-7-11-22)20-29-18-16-24-23(25-14-15-26(24)33-25)12-8-3-4-9-13-27(30)31/h5-7,10-11,23-26,29,32H,2-4,8-9,12-21H2,1H3,(H,30,31)/t23-,24-,25+,26-,28?/m1/s1. The van der Waals surface area contributed by atoms with Crippen LogP contribution in [0.25, 0.3) is 0 Å². The van der Waals surface area contributed by atoms with Gasteiger partial charge in [-0.3, -0.25) is 4.79 Å². The number of aliphatic carboxylic acids is 1. The van der Waals surface area contributed by atoms with Crippen LogP contribution < -0.4 is 5.32 Å². The lowest BCUT2D eigenvalue weighted by Gasteiger charge is -2.30. The van der Waals surface area contributed by atoms with E-state index in [1.807, 2.05) is 17.8 Å². The van der Waals surface area contributed by atoms with Crippen LogP contribution in [0.4, 0.5) is 0 Å². The molecule has 3 N–H and O–H groups in total. The number of carboxylic acids is 1. The quantitative estimate of drug-likeness (QED) is 0.230. The van der Waals surface area contributed by atoms with Crippen molar-refractivity contribution in [3.63, 3.8) is 0 Å². The Bertz CT molecular complexity index is 718. The number of carboxylic acid groups (broad SMARTS) is 1. The second kappa shape index (κ2) is 14.5. The number of ether oxygens (including phenoxy) is 1. The van der Waals surface area contributed by atoms with Crippen LogP contribution in [0.5, 0.6) is 0 Å². The summed E-state index contributed by atoms with van der Waals surface area (Å²) in [6.07, 6.45) is 11.8. The SMILES string of the molecule is CCCC(O)(CNCC[C@@H]1[C@@H](CCCCCCC(=O)O)[C@@H]2CC[C@H]1O2)CSCc1ccccc1. The third-order valence-corrected chi connectivity index (χ3v) is 8.85. The summed E-state index contributed by atoms with van der Waals surface area (Å²) in [6.45, 7) is 3.73. The van der Waals surface area contributed by atoms with Gasteiger partial charge in [0.05, 0.1) is 17.8 Å². The van der Waals surface area contributed by atoms with E-state index in [0.29, 0.717) is 37.0 Å². The van der Waals surface area contributed by atoms with E-state index in [4.69, 9.17) is 9.84 Å². The van der Waals surface area contributed by atoms with Crippen molar-refractivity contribution >= 4 is 17.7 Å². The smallest absolute Gasteiger partial charge is 0.303 e. The second-order valence-electron chi connectivity index (χ2n) is 10.4. The zero-order valence-corrected chi connectivity index (χ0v) is 21.7. The van der Waals surface area contributed by atoms with Gasteiger partial charge in [0.1, 0.15) is 0 Å². The number of nitrogens with one attached hydrogen (secondary N) is 1. The van der Waals surface area contributed by atoms with E-state index >= 15 is 0 Å². The Kier molecular flexibility index (Phi) is 11.7. The number of hydrogen-bond acceptors (Lipinski definition) is 5. The topological polar surface area (TPSA) is 78.8 Å². The highest BCUT2D eigenvalue weighted by molar-refractivity contribution is 7.98. The zero-order valence-electron chi connectivity index (χ0n) is 20.9. The molecule has 2 aliphatic heterocycles. The number of rotatable bonds is 18. The summed E-state index contributed by atoms with van der Waals surface area (Å²) in [5.74, 6) is 2.28. The molecule has 1 unspecified atom stereocenters. The summed E-state index contributed by atoms with van der Waals surface area (Å²) in [4.78, 5) is 10.7. The van der Waals surface area contributed by atoms with Crippen molar-refractivity contribution in [2.75, 3.05) is 18.8 Å². The lowest BCUT2D eigenvalue weighted by molar-refractivity contribution is -0.137. The highest BCUT2D eigenvalue weighted by Gasteiger charge is 2.47. The van der Waals surface area contributed by atoms with Crippen molar-refractivity contribution in [3.8, 4) is 0 Å². The monoisotopic (exact) mass is 491 g/mol. The molecule has 6 heteroatoms. The molecule has 5 atom stereocenters. The minimum Gasteiger partial charge on any atom is -0.481 e. The number of fused-ring (bicyclic) bond motifs is 2. The normalized spacial score (nSPS) is 25.5. The van der Waals surface area contributed by atoms with Gasteiger partial charge in [-0.25, -0.2) is 0 Å². The average Bonchev–Trinajstić information content (AvgIpc) is 3.42. The van der Waals surface area contributed by atoms with Crippen LogP contribution in [0, 0.1) is 11.8 Å². The number of hydrogen-bond donors (Lipinski definition) is 3. The summed E-state index contributed by atoms with van der Waals surface area (Å²) in [5.41, 5.74) is 0.651. The zero-order chi connectivity index (χ0) is 24.2. The fourth-order valence-electron chi connectivity index (χ4n) is 5.88. The molecular weight excluding hydrogens is 446 g/mol. The van der Waals surface area contributed by atoms with Crippen molar-refractivity contribution in [2.45, 2.75) is 101 Å². The summed E-state index contributed by atoms with van der Waals surface area (Å²) < 4.78 is 6.28. The Balaban J connectivity index is 1.36. The van der Waals surface area contributed by atoms with Crippen LogP contribution in [-0.4, -0.2) is 52.8 Å². The number of carbonyl (C=O) groups is 1. The fourth-order valence-corrected chi connectivity index (χ4v) is 7.04. The molecule has 192 valence electrons. The highest BCUT2D eigenvalue weighted by atomic mass is 32.2. The van der Waals surface area contributed by atoms with E-state index in [-0.39, 0.29) is 0 Å². The van der Waals surface area contributed by atoms with Gasteiger partial charge >= 0.3 is 5.97 Å². The largest absolute Gasteiger partial charge is 0.481 e. The summed E-state index contributed by atoms with van der Waals surface area (Å²) in [7, 11) is 0. The van der Waals surface area contributed by atoms with Gasteiger partial charge in [0.25, 0.3) is 0 Å². The van der Waals surface area contributed by atoms with Crippen LogP contribution in [0.2, 0.25) is 0 Å². The molecule has 2 aliphatic rings. The van der Waals surface area contributed by atoms with E-state index < -0.39 is 11.6 Å². The predicted octanol–water partition coefficient (Wildman–Crippen LogP) is 5.65. The highest BCUT2D eigenvalue weighted by Crippen LogP contribution is 2.47. The molecule has 0 amide bonds. The first-order chi connectivity index (χ1) is 16.5. The molecular formula is C28H45NO4S. The van der Waals surface area contributed by atoms with Crippen LogP contribution in [-0.2, 0) is 15.3 Å². The molecule has 2 heterocycles. The summed E-state index contributed by atoms with van der Waals surface area (Å²) in [6, 6.07) is 10.5. The van der Waals surface area contributed by atoms with E-state index in [1.165, 1.54) is 31.2 Å². The first kappa shape index (κ1) is 27.5. The van der Waals surface area contributed by atoms with Gasteiger partial charge in [-0.15, -0.1) is 0 Å². The molecule has 0 spiro atoms. The van der Waals surface area contributed by atoms with E-state index in [1.54, 1.807) is 0 Å². The molecule has 1 aromatic rings.